The average Bonchev–Trinajstić information content (AvgIpc) is 2.69. The predicted octanol–water partition coefficient (Wildman–Crippen LogP) is 1.61. The molecule has 1 heterocycles. The molecule has 2 N–H and O–H groups in total. The topological polar surface area (TPSA) is 54.3 Å². The van der Waals surface area contributed by atoms with Crippen molar-refractivity contribution in [2.45, 2.75) is 38.7 Å². The second-order valence-electron chi connectivity index (χ2n) is 5.30. The van der Waals surface area contributed by atoms with Crippen molar-refractivity contribution >= 4 is 5.91 Å². The van der Waals surface area contributed by atoms with E-state index in [0.29, 0.717) is 11.6 Å². The van der Waals surface area contributed by atoms with E-state index in [-0.39, 0.29) is 12.0 Å². The van der Waals surface area contributed by atoms with E-state index in [1.807, 2.05) is 30.7 Å². The minimum absolute atomic E-state index is 0.00304. The van der Waals surface area contributed by atoms with Crippen LogP contribution in [0.5, 0.6) is 0 Å². The number of carbonyl (C=O) groups excluding carboxylic acids is 1. The van der Waals surface area contributed by atoms with E-state index in [1.54, 1.807) is 0 Å². The molecule has 4 heteroatoms. The Kier molecular flexibility index (Phi) is 4.07. The van der Waals surface area contributed by atoms with Crippen molar-refractivity contribution in [3.8, 4) is 0 Å². The van der Waals surface area contributed by atoms with E-state index >= 15 is 0 Å². The van der Waals surface area contributed by atoms with Crippen LogP contribution in [0.3, 0.4) is 0 Å². The standard InChI is InChI=1S/C14H22N2O2/c1-10-3-8-13(16(10)2)14(18)15-9-11-4-6-12(17)7-5-11/h3,8,11-12,17H,4-7,9H2,1-2H3,(H,15,18). The maximum atomic E-state index is 12.0. The zero-order chi connectivity index (χ0) is 13.1. The zero-order valence-corrected chi connectivity index (χ0v) is 11.1. The summed E-state index contributed by atoms with van der Waals surface area (Å²) < 4.78 is 1.90. The fraction of sp³-hybridized carbons (Fsp3) is 0.643. The molecule has 0 aliphatic heterocycles. The second-order valence-corrected chi connectivity index (χ2v) is 5.30. The number of aryl methyl sites for hydroxylation is 1. The molecule has 0 unspecified atom stereocenters. The molecular weight excluding hydrogens is 228 g/mol. The Hall–Kier alpha value is -1.29. The maximum Gasteiger partial charge on any atom is 0.267 e. The lowest BCUT2D eigenvalue weighted by Gasteiger charge is -2.25. The quantitative estimate of drug-likeness (QED) is 0.856. The number of rotatable bonds is 3. The summed E-state index contributed by atoms with van der Waals surface area (Å²) in [5.74, 6) is 0.510. The van der Waals surface area contributed by atoms with Crippen molar-refractivity contribution in [2.24, 2.45) is 13.0 Å². The molecule has 0 spiro atoms. The van der Waals surface area contributed by atoms with Crippen molar-refractivity contribution in [1.29, 1.82) is 0 Å². The SMILES string of the molecule is Cc1ccc(C(=O)NCC2CCC(O)CC2)n1C. The highest BCUT2D eigenvalue weighted by Gasteiger charge is 2.20. The van der Waals surface area contributed by atoms with Crippen molar-refractivity contribution in [1.82, 2.24) is 9.88 Å². The summed E-state index contributed by atoms with van der Waals surface area (Å²) >= 11 is 0. The largest absolute Gasteiger partial charge is 0.393 e. The number of hydrogen-bond acceptors (Lipinski definition) is 2. The van der Waals surface area contributed by atoms with E-state index in [1.165, 1.54) is 0 Å². The van der Waals surface area contributed by atoms with Gasteiger partial charge in [-0.1, -0.05) is 0 Å². The lowest BCUT2D eigenvalue weighted by Crippen LogP contribution is -2.33. The third-order valence-electron chi connectivity index (χ3n) is 3.97. The third-order valence-corrected chi connectivity index (χ3v) is 3.97. The first kappa shape index (κ1) is 13.1. The molecule has 18 heavy (non-hydrogen) atoms. The lowest BCUT2D eigenvalue weighted by molar-refractivity contribution is 0.0903. The van der Waals surface area contributed by atoms with Crippen molar-refractivity contribution < 1.29 is 9.90 Å². The summed E-state index contributed by atoms with van der Waals surface area (Å²) in [5.41, 5.74) is 1.80. The molecular formula is C14H22N2O2. The Morgan fingerprint density at radius 2 is 2.06 bits per heavy atom. The minimum atomic E-state index is -0.132. The van der Waals surface area contributed by atoms with Gasteiger partial charge >= 0.3 is 0 Å². The summed E-state index contributed by atoms with van der Waals surface area (Å²) in [7, 11) is 1.90. The molecule has 0 bridgehead atoms. The van der Waals surface area contributed by atoms with Crippen molar-refractivity contribution in [3.05, 3.63) is 23.5 Å². The number of aliphatic hydroxyl groups excluding tert-OH is 1. The molecule has 1 aromatic rings. The molecule has 0 atom stereocenters. The fourth-order valence-corrected chi connectivity index (χ4v) is 2.52. The molecule has 1 aliphatic rings. The second kappa shape index (κ2) is 5.57. The number of nitrogens with one attached hydrogen (secondary N) is 1. The maximum absolute atomic E-state index is 12.0. The van der Waals surface area contributed by atoms with Gasteiger partial charge in [0.15, 0.2) is 0 Å². The molecule has 0 saturated heterocycles. The van der Waals surface area contributed by atoms with Crippen LogP contribution in [0.2, 0.25) is 0 Å². The van der Waals surface area contributed by atoms with Gasteiger partial charge in [0.25, 0.3) is 5.91 Å². The number of hydrogen-bond donors (Lipinski definition) is 2. The molecule has 1 amide bonds. The van der Waals surface area contributed by atoms with Crippen LogP contribution in [0.25, 0.3) is 0 Å². The Morgan fingerprint density at radius 3 is 2.61 bits per heavy atom. The van der Waals surface area contributed by atoms with E-state index in [2.05, 4.69) is 5.32 Å². The molecule has 4 nitrogen and oxygen atoms in total. The number of nitrogens with zero attached hydrogens (tertiary/aromatic N) is 1. The number of aromatic nitrogens is 1. The van der Waals surface area contributed by atoms with Crippen LogP contribution in [0.1, 0.15) is 41.9 Å². The third kappa shape index (κ3) is 2.93. The summed E-state index contributed by atoms with van der Waals surface area (Å²) in [6.45, 7) is 2.70. The van der Waals surface area contributed by atoms with Gasteiger partial charge in [-0.05, 0) is 50.7 Å². The van der Waals surface area contributed by atoms with E-state index in [0.717, 1.165) is 37.9 Å². The first-order valence-electron chi connectivity index (χ1n) is 6.66. The molecule has 1 saturated carbocycles. The molecule has 0 radical (unpaired) electrons. The molecule has 100 valence electrons. The van der Waals surface area contributed by atoms with E-state index in [9.17, 15) is 9.90 Å². The zero-order valence-electron chi connectivity index (χ0n) is 11.1. The number of carbonyl (C=O) groups is 1. The first-order chi connectivity index (χ1) is 8.58. The van der Waals surface area contributed by atoms with Gasteiger partial charge in [0.2, 0.25) is 0 Å². The Bertz CT molecular complexity index is 417. The van der Waals surface area contributed by atoms with Crippen molar-refractivity contribution in [3.63, 3.8) is 0 Å². The van der Waals surface area contributed by atoms with Gasteiger partial charge in [0.05, 0.1) is 6.10 Å². The monoisotopic (exact) mass is 250 g/mol. The molecule has 0 aromatic carbocycles. The van der Waals surface area contributed by atoms with E-state index < -0.39 is 0 Å². The normalized spacial score (nSPS) is 23.9. The van der Waals surface area contributed by atoms with Crippen LogP contribution in [0.15, 0.2) is 12.1 Å². The summed E-state index contributed by atoms with van der Waals surface area (Å²) in [6, 6.07) is 3.81. The van der Waals surface area contributed by atoms with Crippen LogP contribution in [-0.2, 0) is 7.05 Å². The van der Waals surface area contributed by atoms with Gasteiger partial charge in [-0.25, -0.2) is 0 Å². The Labute approximate surface area is 108 Å². The van der Waals surface area contributed by atoms with Crippen LogP contribution >= 0.6 is 0 Å². The summed E-state index contributed by atoms with van der Waals surface area (Å²) in [6.07, 6.45) is 3.61. The molecule has 2 rings (SSSR count). The van der Waals surface area contributed by atoms with Gasteiger partial charge in [-0.3, -0.25) is 4.79 Å². The van der Waals surface area contributed by atoms with Crippen LogP contribution in [0.4, 0.5) is 0 Å². The van der Waals surface area contributed by atoms with Gasteiger partial charge in [-0.15, -0.1) is 0 Å². The molecule has 1 fully saturated rings. The average molecular weight is 250 g/mol. The summed E-state index contributed by atoms with van der Waals surface area (Å²) in [4.78, 5) is 12.0. The predicted molar refractivity (Wildman–Crippen MR) is 70.4 cm³/mol. The molecule has 1 aliphatic carbocycles. The van der Waals surface area contributed by atoms with Crippen molar-refractivity contribution in [2.75, 3.05) is 6.54 Å². The lowest BCUT2D eigenvalue weighted by atomic mass is 9.87. The smallest absolute Gasteiger partial charge is 0.267 e. The Balaban J connectivity index is 1.83. The van der Waals surface area contributed by atoms with Gasteiger partial charge in [0, 0.05) is 19.3 Å². The summed E-state index contributed by atoms with van der Waals surface area (Å²) in [5, 5.41) is 12.4. The van der Waals surface area contributed by atoms with Gasteiger partial charge < -0.3 is 15.0 Å². The van der Waals surface area contributed by atoms with E-state index in [4.69, 9.17) is 0 Å². The number of aliphatic hydroxyl groups is 1. The molecule has 1 aromatic heterocycles. The highest BCUT2D eigenvalue weighted by atomic mass is 16.3. The Morgan fingerprint density at radius 1 is 1.39 bits per heavy atom. The first-order valence-corrected chi connectivity index (χ1v) is 6.66. The van der Waals surface area contributed by atoms with Crippen LogP contribution in [-0.4, -0.2) is 28.2 Å². The van der Waals surface area contributed by atoms with Crippen LogP contribution in [0, 0.1) is 12.8 Å². The fourth-order valence-electron chi connectivity index (χ4n) is 2.52. The number of amides is 1. The van der Waals surface area contributed by atoms with Crippen LogP contribution < -0.4 is 5.32 Å². The minimum Gasteiger partial charge on any atom is -0.393 e. The van der Waals surface area contributed by atoms with Gasteiger partial charge in [-0.2, -0.15) is 0 Å². The van der Waals surface area contributed by atoms with Gasteiger partial charge in [0.1, 0.15) is 5.69 Å². The highest BCUT2D eigenvalue weighted by molar-refractivity contribution is 5.92. The highest BCUT2D eigenvalue weighted by Crippen LogP contribution is 2.23.